The monoisotopic (exact) mass is 733 g/mol. The molecule has 0 bridgehead atoms. The van der Waals surface area contributed by atoms with Gasteiger partial charge < -0.3 is 9.30 Å². The highest BCUT2D eigenvalue weighted by Crippen LogP contribution is 2.43. The quantitative estimate of drug-likeness (QED) is 0.100. The lowest BCUT2D eigenvalue weighted by Gasteiger charge is -2.28. The number of aromatic nitrogens is 2. The van der Waals surface area contributed by atoms with Crippen molar-refractivity contribution in [2.24, 2.45) is 0 Å². The van der Waals surface area contributed by atoms with Crippen molar-refractivity contribution in [2.75, 3.05) is 4.90 Å². The maximum Gasteiger partial charge on any atom is 0.198 e. The minimum absolute atomic E-state index is 0.0391. The van der Waals surface area contributed by atoms with E-state index in [0.717, 1.165) is 55.5 Å². The van der Waals surface area contributed by atoms with Gasteiger partial charge in [-0.25, -0.2) is 0 Å². The van der Waals surface area contributed by atoms with Crippen molar-refractivity contribution in [3.8, 4) is 22.3 Å². The van der Waals surface area contributed by atoms with Crippen LogP contribution in [0, 0.1) is 4.51 Å². The highest BCUT2D eigenvalue weighted by atomic mass is 32.1. The Morgan fingerprint density at radius 2 is 0.964 bits per heavy atom. The van der Waals surface area contributed by atoms with Crippen molar-refractivity contribution in [1.29, 1.82) is 0 Å². The molecule has 4 nitrogen and oxygen atoms in total. The summed E-state index contributed by atoms with van der Waals surface area (Å²) in [6.07, 6.45) is 3.47. The van der Waals surface area contributed by atoms with Gasteiger partial charge in [0.2, 0.25) is 0 Å². The summed E-state index contributed by atoms with van der Waals surface area (Å²) < 4.78 is 2.86. The summed E-state index contributed by atoms with van der Waals surface area (Å²) >= 11 is 6.40. The average molecular weight is 734 g/mol. The summed E-state index contributed by atoms with van der Waals surface area (Å²) in [5.41, 5.74) is 10.1. The van der Waals surface area contributed by atoms with E-state index >= 15 is 0 Å². The first-order chi connectivity index (χ1) is 27.6. The predicted octanol–water partition coefficient (Wildman–Crippen LogP) is 13.4. The summed E-state index contributed by atoms with van der Waals surface area (Å²) in [5, 5.41) is 7.76. The molecule has 0 aliphatic carbocycles. The third-order valence-electron chi connectivity index (χ3n) is 11.2. The molecular formula is C51H31N3OS. The second kappa shape index (κ2) is 12.7. The van der Waals surface area contributed by atoms with Crippen molar-refractivity contribution in [2.45, 2.75) is 0 Å². The van der Waals surface area contributed by atoms with Gasteiger partial charge in [-0.05, 0) is 92.3 Å². The van der Waals surface area contributed by atoms with E-state index in [1.807, 2.05) is 24.3 Å². The molecule has 0 saturated heterocycles. The fourth-order valence-electron chi connectivity index (χ4n) is 8.63. The fourth-order valence-corrected chi connectivity index (χ4v) is 8.99. The molecule has 0 fully saturated rings. The molecule has 11 rings (SSSR count). The first-order valence-corrected chi connectivity index (χ1v) is 19.1. The molecule has 0 unspecified atom stereocenters. The molecule has 0 saturated carbocycles. The SMILES string of the molecule is O=c1c2ccccc2n2c3cccc(N(c4ccc(-c5cccc6ccccc56)cc4)c4ccc(-c5cccc6ccccc56)cc4)c3c(=S)c3cncc1c32. The number of anilines is 3. The van der Waals surface area contributed by atoms with E-state index in [1.165, 1.54) is 32.7 Å². The highest BCUT2D eigenvalue weighted by molar-refractivity contribution is 7.72. The maximum atomic E-state index is 13.8. The lowest BCUT2D eigenvalue weighted by Crippen LogP contribution is -2.13. The number of pyridine rings is 3. The predicted molar refractivity (Wildman–Crippen MR) is 237 cm³/mol. The van der Waals surface area contributed by atoms with Crippen LogP contribution in [0.1, 0.15) is 0 Å². The van der Waals surface area contributed by atoms with Gasteiger partial charge in [-0.1, -0.05) is 140 Å². The Labute approximate surface area is 327 Å². The molecule has 8 aromatic carbocycles. The third kappa shape index (κ3) is 4.88. The van der Waals surface area contributed by atoms with Gasteiger partial charge in [0.25, 0.3) is 0 Å². The van der Waals surface area contributed by atoms with E-state index in [4.69, 9.17) is 12.2 Å². The molecule has 0 N–H and O–H groups in total. The largest absolute Gasteiger partial charge is 0.310 e. The first-order valence-electron chi connectivity index (χ1n) is 18.7. The smallest absolute Gasteiger partial charge is 0.198 e. The van der Waals surface area contributed by atoms with Crippen LogP contribution in [0.25, 0.3) is 81.9 Å². The molecule has 5 heteroatoms. The summed E-state index contributed by atoms with van der Waals surface area (Å²) in [7, 11) is 0. The van der Waals surface area contributed by atoms with E-state index in [0.29, 0.717) is 15.3 Å². The zero-order valence-electron chi connectivity index (χ0n) is 30.1. The van der Waals surface area contributed by atoms with Crippen LogP contribution in [0.2, 0.25) is 0 Å². The van der Waals surface area contributed by atoms with E-state index in [1.54, 1.807) is 12.4 Å². The topological polar surface area (TPSA) is 37.6 Å². The fraction of sp³-hybridized carbons (Fsp3) is 0. The van der Waals surface area contributed by atoms with Crippen molar-refractivity contribution in [3.63, 3.8) is 0 Å². The Kier molecular flexibility index (Phi) is 7.31. The molecule has 56 heavy (non-hydrogen) atoms. The highest BCUT2D eigenvalue weighted by Gasteiger charge is 2.22. The number of benzene rings is 8. The van der Waals surface area contributed by atoms with Crippen LogP contribution < -0.4 is 10.3 Å². The molecule has 0 amide bonds. The third-order valence-corrected chi connectivity index (χ3v) is 11.6. The standard InChI is InChI=1S/C51H31N3OS/c55-50-42-16-5-6-19-45(42)54-47-21-9-20-46(48(47)51(56)44-31-52-30-43(50)49(44)54)53(36-26-22-34(23-27-36)40-17-7-12-32-10-1-3-14-38(32)40)37-28-24-35(25-29-37)41-18-8-13-33-11-2-4-15-39(33)41/h1-31H. The molecule has 0 spiro atoms. The summed E-state index contributed by atoms with van der Waals surface area (Å²) in [4.78, 5) is 20.6. The summed E-state index contributed by atoms with van der Waals surface area (Å²) in [6.45, 7) is 0. The molecule has 0 aliphatic heterocycles. The Morgan fingerprint density at radius 3 is 1.59 bits per heavy atom. The number of nitrogens with zero attached hydrogens (tertiary/aromatic N) is 3. The van der Waals surface area contributed by atoms with Gasteiger partial charge in [0.1, 0.15) is 0 Å². The van der Waals surface area contributed by atoms with Gasteiger partial charge in [0.05, 0.1) is 32.1 Å². The van der Waals surface area contributed by atoms with Gasteiger partial charge in [0.15, 0.2) is 5.43 Å². The average Bonchev–Trinajstić information content (AvgIpc) is 3.26. The van der Waals surface area contributed by atoms with Crippen molar-refractivity contribution in [1.82, 2.24) is 9.38 Å². The normalized spacial score (nSPS) is 11.7. The van der Waals surface area contributed by atoms with Gasteiger partial charge in [0, 0.05) is 39.9 Å². The van der Waals surface area contributed by atoms with Crippen molar-refractivity contribution >= 4 is 88.9 Å². The summed E-state index contributed by atoms with van der Waals surface area (Å²) in [6, 6.07) is 61.7. The van der Waals surface area contributed by atoms with Gasteiger partial charge in [-0.15, -0.1) is 0 Å². The van der Waals surface area contributed by atoms with E-state index < -0.39 is 0 Å². The Balaban J connectivity index is 1.16. The summed E-state index contributed by atoms with van der Waals surface area (Å²) in [5.74, 6) is 0. The Hall–Kier alpha value is -7.21. The van der Waals surface area contributed by atoms with Crippen LogP contribution in [0.3, 0.4) is 0 Å². The second-order valence-corrected chi connectivity index (χ2v) is 14.7. The van der Waals surface area contributed by atoms with Crippen LogP contribution in [0.5, 0.6) is 0 Å². The number of rotatable bonds is 5. The van der Waals surface area contributed by atoms with Crippen LogP contribution in [-0.4, -0.2) is 9.38 Å². The molecule has 3 aromatic heterocycles. The molecule has 0 aliphatic rings. The molecular weight excluding hydrogens is 703 g/mol. The minimum atomic E-state index is -0.0391. The Bertz CT molecular complexity index is 3330. The van der Waals surface area contributed by atoms with Crippen LogP contribution in [-0.2, 0) is 0 Å². The van der Waals surface area contributed by atoms with Crippen molar-refractivity contribution in [3.05, 3.63) is 203 Å². The number of hydrogen-bond acceptors (Lipinski definition) is 4. The molecule has 11 aromatic rings. The lowest BCUT2D eigenvalue weighted by molar-refractivity contribution is 1.26. The van der Waals surface area contributed by atoms with E-state index in [2.05, 4.69) is 166 Å². The number of hydrogen-bond donors (Lipinski definition) is 0. The molecule has 262 valence electrons. The second-order valence-electron chi connectivity index (χ2n) is 14.2. The number of fused-ring (bicyclic) bond motifs is 6. The zero-order chi connectivity index (χ0) is 37.3. The van der Waals surface area contributed by atoms with Gasteiger partial charge >= 0.3 is 0 Å². The van der Waals surface area contributed by atoms with Crippen LogP contribution >= 0.6 is 12.2 Å². The van der Waals surface area contributed by atoms with Crippen LogP contribution in [0.4, 0.5) is 17.1 Å². The molecule has 0 radical (unpaired) electrons. The van der Waals surface area contributed by atoms with Gasteiger partial charge in [-0.3, -0.25) is 9.78 Å². The molecule has 3 heterocycles. The van der Waals surface area contributed by atoms with Gasteiger partial charge in [-0.2, -0.15) is 0 Å². The van der Waals surface area contributed by atoms with E-state index in [-0.39, 0.29) is 5.43 Å². The maximum absolute atomic E-state index is 13.8. The van der Waals surface area contributed by atoms with Crippen LogP contribution in [0.15, 0.2) is 193 Å². The zero-order valence-corrected chi connectivity index (χ0v) is 30.9. The van der Waals surface area contributed by atoms with Crippen molar-refractivity contribution < 1.29 is 0 Å². The lowest BCUT2D eigenvalue weighted by atomic mass is 9.97. The Morgan fingerprint density at radius 1 is 0.464 bits per heavy atom. The number of para-hydroxylation sites is 1. The first kappa shape index (κ1) is 32.2. The molecule has 0 atom stereocenters. The minimum Gasteiger partial charge on any atom is -0.310 e. The van der Waals surface area contributed by atoms with E-state index in [9.17, 15) is 4.79 Å².